The number of rotatable bonds is 4. The van der Waals surface area contributed by atoms with E-state index in [-0.39, 0.29) is 18.7 Å². The molecule has 0 N–H and O–H groups in total. The fourth-order valence-electron chi connectivity index (χ4n) is 3.38. The zero-order valence-electron chi connectivity index (χ0n) is 13.4. The van der Waals surface area contributed by atoms with E-state index in [9.17, 15) is 4.79 Å². The summed E-state index contributed by atoms with van der Waals surface area (Å²) in [5.41, 5.74) is 1.11. The maximum absolute atomic E-state index is 12.8. The molecule has 2 aromatic rings. The van der Waals surface area contributed by atoms with E-state index in [2.05, 4.69) is 4.98 Å². The lowest BCUT2D eigenvalue weighted by Gasteiger charge is -2.34. The molecule has 126 valence electrons. The molecule has 3 heterocycles. The summed E-state index contributed by atoms with van der Waals surface area (Å²) in [4.78, 5) is 19.2. The van der Waals surface area contributed by atoms with Gasteiger partial charge in [-0.3, -0.25) is 4.79 Å². The molecule has 1 amide bonds. The van der Waals surface area contributed by atoms with Crippen LogP contribution in [0.2, 0.25) is 0 Å². The Morgan fingerprint density at radius 3 is 3.08 bits per heavy atom. The smallest absolute Gasteiger partial charge is 0.231 e. The zero-order valence-corrected chi connectivity index (χ0v) is 14.3. The number of fused-ring (bicyclic) bond motifs is 1. The van der Waals surface area contributed by atoms with Crippen molar-refractivity contribution in [2.24, 2.45) is 0 Å². The van der Waals surface area contributed by atoms with Gasteiger partial charge >= 0.3 is 0 Å². The molecule has 1 unspecified atom stereocenters. The number of benzene rings is 1. The van der Waals surface area contributed by atoms with Crippen LogP contribution in [-0.4, -0.2) is 29.1 Å². The summed E-state index contributed by atoms with van der Waals surface area (Å²) in [7, 11) is 0. The summed E-state index contributed by atoms with van der Waals surface area (Å²) in [5, 5.41) is 3.05. The Bertz CT molecular complexity index is 717. The minimum atomic E-state index is 0.156. The molecular formula is C18H20N2O3S. The first-order valence-corrected chi connectivity index (χ1v) is 9.26. The Kier molecular flexibility index (Phi) is 4.38. The van der Waals surface area contributed by atoms with E-state index in [1.54, 1.807) is 11.3 Å². The Balaban J connectivity index is 1.41. The molecule has 1 aromatic heterocycles. The second-order valence-corrected chi connectivity index (χ2v) is 7.08. The number of hydrogen-bond acceptors (Lipinski definition) is 5. The Morgan fingerprint density at radius 2 is 2.21 bits per heavy atom. The Hall–Kier alpha value is -2.08. The number of thiazole rings is 1. The molecule has 1 saturated heterocycles. The predicted octanol–water partition coefficient (Wildman–Crippen LogP) is 3.56. The highest BCUT2D eigenvalue weighted by Crippen LogP contribution is 2.34. The van der Waals surface area contributed by atoms with Gasteiger partial charge in [0.15, 0.2) is 11.5 Å². The molecular weight excluding hydrogens is 324 g/mol. The summed E-state index contributed by atoms with van der Waals surface area (Å²) in [6.07, 6.45) is 6.32. The van der Waals surface area contributed by atoms with E-state index in [4.69, 9.17) is 9.47 Å². The second-order valence-electron chi connectivity index (χ2n) is 6.16. The molecule has 1 aromatic carbocycles. The summed E-state index contributed by atoms with van der Waals surface area (Å²) in [5.74, 6) is 1.77. The van der Waals surface area contributed by atoms with Crippen LogP contribution in [0.15, 0.2) is 29.8 Å². The van der Waals surface area contributed by atoms with Gasteiger partial charge in [-0.2, -0.15) is 0 Å². The van der Waals surface area contributed by atoms with Gasteiger partial charge in [-0.05, 0) is 43.4 Å². The van der Waals surface area contributed by atoms with Crippen molar-refractivity contribution < 1.29 is 14.3 Å². The van der Waals surface area contributed by atoms with E-state index in [1.165, 1.54) is 0 Å². The van der Waals surface area contributed by atoms with Crippen molar-refractivity contribution in [2.75, 3.05) is 13.3 Å². The molecule has 0 aliphatic carbocycles. The summed E-state index contributed by atoms with van der Waals surface area (Å²) in [6.45, 7) is 1.12. The monoisotopic (exact) mass is 344 g/mol. The lowest BCUT2D eigenvalue weighted by atomic mass is 10.0. The van der Waals surface area contributed by atoms with E-state index >= 15 is 0 Å². The SMILES string of the molecule is O=C(CCc1ccc2c(c1)OCO2)N1CCCCC1c1nccs1. The van der Waals surface area contributed by atoms with Crippen molar-refractivity contribution in [3.05, 3.63) is 40.3 Å². The van der Waals surface area contributed by atoms with Crippen molar-refractivity contribution in [1.82, 2.24) is 9.88 Å². The zero-order chi connectivity index (χ0) is 16.4. The number of aryl methyl sites for hydroxylation is 1. The van der Waals surface area contributed by atoms with Crippen LogP contribution in [0.25, 0.3) is 0 Å². The number of nitrogens with zero attached hydrogens (tertiary/aromatic N) is 2. The van der Waals surface area contributed by atoms with E-state index in [0.29, 0.717) is 6.42 Å². The molecule has 1 fully saturated rings. The first-order valence-electron chi connectivity index (χ1n) is 8.38. The molecule has 2 aliphatic heterocycles. The fraction of sp³-hybridized carbons (Fsp3) is 0.444. The number of carbonyl (C=O) groups is 1. The molecule has 5 nitrogen and oxygen atoms in total. The lowest BCUT2D eigenvalue weighted by molar-refractivity contribution is -0.135. The summed E-state index contributed by atoms with van der Waals surface area (Å²) in [6, 6.07) is 6.06. The third-order valence-corrected chi connectivity index (χ3v) is 5.50. The van der Waals surface area contributed by atoms with Crippen molar-refractivity contribution in [3.8, 4) is 11.5 Å². The van der Waals surface area contributed by atoms with Crippen molar-refractivity contribution in [1.29, 1.82) is 0 Å². The highest BCUT2D eigenvalue weighted by molar-refractivity contribution is 7.09. The largest absolute Gasteiger partial charge is 0.454 e. The molecule has 24 heavy (non-hydrogen) atoms. The maximum atomic E-state index is 12.8. The molecule has 0 radical (unpaired) electrons. The van der Waals surface area contributed by atoms with Crippen LogP contribution in [0.4, 0.5) is 0 Å². The van der Waals surface area contributed by atoms with Gasteiger partial charge < -0.3 is 14.4 Å². The number of amides is 1. The number of piperidine rings is 1. The van der Waals surface area contributed by atoms with Gasteiger partial charge in [-0.1, -0.05) is 6.07 Å². The Labute approximate surface area is 145 Å². The number of ether oxygens (including phenoxy) is 2. The van der Waals surface area contributed by atoms with Gasteiger partial charge in [0, 0.05) is 24.5 Å². The molecule has 6 heteroatoms. The normalized spacial score (nSPS) is 19.5. The van der Waals surface area contributed by atoms with Crippen LogP contribution in [0.5, 0.6) is 11.5 Å². The minimum Gasteiger partial charge on any atom is -0.454 e. The second kappa shape index (κ2) is 6.81. The maximum Gasteiger partial charge on any atom is 0.231 e. The van der Waals surface area contributed by atoms with E-state index in [1.807, 2.05) is 34.7 Å². The number of likely N-dealkylation sites (tertiary alicyclic amines) is 1. The van der Waals surface area contributed by atoms with Crippen molar-refractivity contribution in [3.63, 3.8) is 0 Å². The third-order valence-electron chi connectivity index (χ3n) is 4.62. The molecule has 2 aliphatic rings. The average molecular weight is 344 g/mol. The first-order chi connectivity index (χ1) is 11.8. The number of carbonyl (C=O) groups excluding carboxylic acids is 1. The number of aromatic nitrogens is 1. The third kappa shape index (κ3) is 3.11. The van der Waals surface area contributed by atoms with Crippen LogP contribution in [0.3, 0.4) is 0 Å². The van der Waals surface area contributed by atoms with E-state index < -0.39 is 0 Å². The van der Waals surface area contributed by atoms with Gasteiger partial charge in [0.1, 0.15) is 5.01 Å². The molecule has 0 bridgehead atoms. The van der Waals surface area contributed by atoms with Gasteiger partial charge in [-0.15, -0.1) is 11.3 Å². The predicted molar refractivity (Wildman–Crippen MR) is 91.3 cm³/mol. The standard InChI is InChI=1S/C18H20N2O3S/c21-17(7-5-13-4-6-15-16(11-13)23-12-22-15)20-9-2-1-3-14(20)18-19-8-10-24-18/h4,6,8,10-11,14H,1-3,5,7,9,12H2. The van der Waals surface area contributed by atoms with Crippen LogP contribution >= 0.6 is 11.3 Å². The minimum absolute atomic E-state index is 0.156. The molecule has 1 atom stereocenters. The lowest BCUT2D eigenvalue weighted by Crippen LogP contribution is -2.38. The topological polar surface area (TPSA) is 51.7 Å². The van der Waals surface area contributed by atoms with Crippen LogP contribution < -0.4 is 9.47 Å². The van der Waals surface area contributed by atoms with Crippen LogP contribution in [0.1, 0.15) is 42.3 Å². The van der Waals surface area contributed by atoms with Gasteiger partial charge in [0.2, 0.25) is 12.7 Å². The summed E-state index contributed by atoms with van der Waals surface area (Å²) >= 11 is 1.64. The quantitative estimate of drug-likeness (QED) is 0.851. The molecule has 0 saturated carbocycles. The van der Waals surface area contributed by atoms with Gasteiger partial charge in [0.05, 0.1) is 6.04 Å². The molecule has 4 rings (SSSR count). The highest BCUT2D eigenvalue weighted by Gasteiger charge is 2.29. The highest BCUT2D eigenvalue weighted by atomic mass is 32.1. The van der Waals surface area contributed by atoms with Crippen LogP contribution in [-0.2, 0) is 11.2 Å². The first kappa shape index (κ1) is 15.4. The summed E-state index contributed by atoms with van der Waals surface area (Å²) < 4.78 is 10.7. The average Bonchev–Trinajstić information content (AvgIpc) is 3.30. The van der Waals surface area contributed by atoms with Crippen molar-refractivity contribution >= 4 is 17.2 Å². The fourth-order valence-corrected chi connectivity index (χ4v) is 4.16. The van der Waals surface area contributed by atoms with Crippen LogP contribution in [0, 0.1) is 0 Å². The molecule has 0 spiro atoms. The Morgan fingerprint density at radius 1 is 1.29 bits per heavy atom. The van der Waals surface area contributed by atoms with E-state index in [0.717, 1.165) is 54.3 Å². The van der Waals surface area contributed by atoms with Gasteiger partial charge in [0.25, 0.3) is 0 Å². The van der Waals surface area contributed by atoms with Crippen molar-refractivity contribution in [2.45, 2.75) is 38.1 Å². The van der Waals surface area contributed by atoms with Gasteiger partial charge in [-0.25, -0.2) is 4.98 Å². The number of hydrogen-bond donors (Lipinski definition) is 0.